The largest absolute Gasteiger partial charge is 0.504 e. The molecule has 28 heavy (non-hydrogen) atoms. The van der Waals surface area contributed by atoms with Crippen LogP contribution in [-0.4, -0.2) is 31.1 Å². The van der Waals surface area contributed by atoms with E-state index < -0.39 is 11.9 Å². The van der Waals surface area contributed by atoms with E-state index in [2.05, 4.69) is 13.8 Å². The number of esters is 1. The van der Waals surface area contributed by atoms with E-state index in [0.717, 1.165) is 36.0 Å². The van der Waals surface area contributed by atoms with Crippen LogP contribution in [0.2, 0.25) is 0 Å². The van der Waals surface area contributed by atoms with E-state index in [1.165, 1.54) is 14.2 Å². The minimum Gasteiger partial charge on any atom is -0.504 e. The molecule has 0 amide bonds. The summed E-state index contributed by atoms with van der Waals surface area (Å²) in [6, 6.07) is 5.00. The number of carbonyl (C=O) groups is 2. The average molecular weight is 384 g/mol. The van der Waals surface area contributed by atoms with Gasteiger partial charge in [-0.05, 0) is 49.3 Å². The van der Waals surface area contributed by atoms with Gasteiger partial charge in [-0.1, -0.05) is 31.1 Å². The highest BCUT2D eigenvalue weighted by atomic mass is 16.5. The second-order valence-electron chi connectivity index (χ2n) is 8.51. The summed E-state index contributed by atoms with van der Waals surface area (Å²) >= 11 is 0. The number of ketones is 1. The molecule has 0 heterocycles. The van der Waals surface area contributed by atoms with Crippen LogP contribution < -0.4 is 4.74 Å². The summed E-state index contributed by atoms with van der Waals surface area (Å²) in [5.41, 5.74) is 3.95. The fourth-order valence-electron chi connectivity index (χ4n) is 4.52. The smallest absolute Gasteiger partial charge is 0.334 e. The number of carbonyl (C=O) groups excluding carboxylic acids is 2. The highest BCUT2D eigenvalue weighted by Crippen LogP contribution is 2.49. The van der Waals surface area contributed by atoms with Gasteiger partial charge in [0.05, 0.1) is 14.2 Å². The summed E-state index contributed by atoms with van der Waals surface area (Å²) in [5.74, 6) is -0.511. The zero-order chi connectivity index (χ0) is 20.6. The van der Waals surface area contributed by atoms with Crippen LogP contribution in [0.4, 0.5) is 0 Å². The van der Waals surface area contributed by atoms with Gasteiger partial charge in [0.25, 0.3) is 0 Å². The molecule has 0 aliphatic heterocycles. The van der Waals surface area contributed by atoms with E-state index >= 15 is 0 Å². The van der Waals surface area contributed by atoms with Crippen molar-refractivity contribution in [3.05, 3.63) is 46.1 Å². The quantitative estimate of drug-likeness (QED) is 0.779. The molecule has 2 aliphatic rings. The second-order valence-corrected chi connectivity index (χ2v) is 8.51. The molecule has 0 radical (unpaired) electrons. The third-order valence-corrected chi connectivity index (χ3v) is 5.79. The van der Waals surface area contributed by atoms with E-state index in [1.807, 2.05) is 6.92 Å². The van der Waals surface area contributed by atoms with Crippen LogP contribution in [0.3, 0.4) is 0 Å². The molecule has 3 rings (SSSR count). The number of methoxy groups -OCH3 is 2. The van der Waals surface area contributed by atoms with Crippen molar-refractivity contribution in [3.8, 4) is 11.5 Å². The van der Waals surface area contributed by atoms with Crippen molar-refractivity contribution in [2.24, 2.45) is 5.41 Å². The lowest BCUT2D eigenvalue weighted by atomic mass is 9.68. The van der Waals surface area contributed by atoms with Gasteiger partial charge in [-0.25, -0.2) is 4.79 Å². The van der Waals surface area contributed by atoms with Crippen LogP contribution in [0.15, 0.2) is 40.5 Å². The van der Waals surface area contributed by atoms with Crippen LogP contribution >= 0.6 is 0 Å². The molecule has 0 fully saturated rings. The number of allylic oxidation sites excluding steroid dienone is 3. The molecular weight excluding hydrogens is 356 g/mol. The maximum Gasteiger partial charge on any atom is 0.334 e. The van der Waals surface area contributed by atoms with E-state index in [0.29, 0.717) is 23.3 Å². The number of aromatic hydroxyl groups is 1. The highest BCUT2D eigenvalue weighted by Gasteiger charge is 2.41. The molecule has 0 bridgehead atoms. The minimum atomic E-state index is -0.511. The summed E-state index contributed by atoms with van der Waals surface area (Å²) in [6.45, 7) is 6.16. The van der Waals surface area contributed by atoms with Crippen molar-refractivity contribution in [1.29, 1.82) is 0 Å². The fraction of sp³-hybridized carbons (Fsp3) is 0.478. The lowest BCUT2D eigenvalue weighted by molar-refractivity contribution is -0.136. The Morgan fingerprint density at radius 1 is 1.18 bits per heavy atom. The topological polar surface area (TPSA) is 72.8 Å². The van der Waals surface area contributed by atoms with Crippen molar-refractivity contribution in [2.45, 2.75) is 52.4 Å². The zero-order valence-corrected chi connectivity index (χ0v) is 17.2. The van der Waals surface area contributed by atoms with Gasteiger partial charge < -0.3 is 14.6 Å². The summed E-state index contributed by atoms with van der Waals surface area (Å²) < 4.78 is 10.4. The van der Waals surface area contributed by atoms with Crippen LogP contribution in [-0.2, 0) is 14.3 Å². The van der Waals surface area contributed by atoms with Crippen molar-refractivity contribution in [3.63, 3.8) is 0 Å². The summed E-state index contributed by atoms with van der Waals surface area (Å²) in [6.07, 6.45) is 2.77. The summed E-state index contributed by atoms with van der Waals surface area (Å²) in [5, 5.41) is 10.0. The number of phenols is 1. The monoisotopic (exact) mass is 384 g/mol. The Hall–Kier alpha value is -2.56. The number of rotatable bonds is 3. The number of benzene rings is 1. The standard InChI is InChI=1S/C23H28O5/c1-13-6-7-15-11-23(2,3)12-17(25)20(15)21(19(13)22(26)28-5)14-8-9-16(24)18(10-14)27-4/h8-10,21,24H,6-7,11-12H2,1-5H3. The van der Waals surface area contributed by atoms with Crippen LogP contribution in [0.25, 0.3) is 0 Å². The normalized spacial score (nSPS) is 21.9. The first kappa shape index (κ1) is 20.2. The number of Topliss-reactive ketones (excluding diaryl/α,β-unsaturated/α-hetero) is 1. The minimum absolute atomic E-state index is 0.0190. The Morgan fingerprint density at radius 2 is 1.89 bits per heavy atom. The molecule has 0 spiro atoms. The van der Waals surface area contributed by atoms with Gasteiger partial charge in [-0.3, -0.25) is 4.79 Å². The fourth-order valence-corrected chi connectivity index (χ4v) is 4.52. The molecule has 1 aromatic rings. The molecule has 1 atom stereocenters. The SMILES string of the molecule is COC(=O)C1=C(C)CCC2=C(C(=O)CC(C)(C)C2)C1c1ccc(O)c(OC)c1. The molecule has 0 saturated carbocycles. The molecule has 5 heteroatoms. The van der Waals surface area contributed by atoms with Gasteiger partial charge in [0.1, 0.15) is 0 Å². The predicted octanol–water partition coefficient (Wildman–Crippen LogP) is 4.45. The first-order valence-corrected chi connectivity index (χ1v) is 9.58. The Labute approximate surface area is 166 Å². The van der Waals surface area contributed by atoms with Crippen LogP contribution in [0.5, 0.6) is 11.5 Å². The van der Waals surface area contributed by atoms with Gasteiger partial charge in [0.15, 0.2) is 17.3 Å². The maximum atomic E-state index is 13.3. The summed E-state index contributed by atoms with van der Waals surface area (Å²) in [7, 11) is 2.84. The van der Waals surface area contributed by atoms with E-state index in [9.17, 15) is 14.7 Å². The Morgan fingerprint density at radius 3 is 2.54 bits per heavy atom. The van der Waals surface area contributed by atoms with Crippen molar-refractivity contribution in [1.82, 2.24) is 0 Å². The zero-order valence-electron chi connectivity index (χ0n) is 17.2. The third-order valence-electron chi connectivity index (χ3n) is 5.79. The van der Waals surface area contributed by atoms with Gasteiger partial charge in [0, 0.05) is 23.5 Å². The second kappa shape index (κ2) is 7.46. The number of ether oxygens (including phenoxy) is 2. The molecule has 5 nitrogen and oxygen atoms in total. The molecule has 1 N–H and O–H groups in total. The maximum absolute atomic E-state index is 13.3. The Balaban J connectivity index is 2.27. The lowest BCUT2D eigenvalue weighted by Crippen LogP contribution is -2.29. The number of phenolic OH excluding ortho intramolecular Hbond substituents is 1. The molecular formula is C23H28O5. The Bertz CT molecular complexity index is 888. The first-order valence-electron chi connectivity index (χ1n) is 9.58. The number of hydrogen-bond acceptors (Lipinski definition) is 5. The van der Waals surface area contributed by atoms with E-state index in [-0.39, 0.29) is 16.9 Å². The molecule has 0 saturated heterocycles. The molecule has 1 unspecified atom stereocenters. The molecule has 150 valence electrons. The molecule has 2 aliphatic carbocycles. The van der Waals surface area contributed by atoms with Gasteiger partial charge in [-0.15, -0.1) is 0 Å². The molecule has 1 aromatic carbocycles. The highest BCUT2D eigenvalue weighted by molar-refractivity contribution is 6.03. The van der Waals surface area contributed by atoms with Crippen molar-refractivity contribution < 1.29 is 24.2 Å². The van der Waals surface area contributed by atoms with Crippen molar-refractivity contribution >= 4 is 11.8 Å². The third kappa shape index (κ3) is 3.58. The van der Waals surface area contributed by atoms with E-state index in [4.69, 9.17) is 9.47 Å². The predicted molar refractivity (Wildman–Crippen MR) is 106 cm³/mol. The number of hydrogen-bond donors (Lipinski definition) is 1. The van der Waals surface area contributed by atoms with Gasteiger partial charge in [0.2, 0.25) is 0 Å². The van der Waals surface area contributed by atoms with Crippen molar-refractivity contribution in [2.75, 3.05) is 14.2 Å². The molecule has 0 aromatic heterocycles. The first-order chi connectivity index (χ1) is 13.2. The van der Waals surface area contributed by atoms with Crippen LogP contribution in [0.1, 0.15) is 57.9 Å². The Kier molecular flexibility index (Phi) is 5.37. The summed E-state index contributed by atoms with van der Waals surface area (Å²) in [4.78, 5) is 26.0. The van der Waals surface area contributed by atoms with Crippen LogP contribution in [0, 0.1) is 5.41 Å². The lowest BCUT2D eigenvalue weighted by Gasteiger charge is -2.34. The average Bonchev–Trinajstić information content (AvgIpc) is 2.77. The van der Waals surface area contributed by atoms with Gasteiger partial charge in [-0.2, -0.15) is 0 Å². The van der Waals surface area contributed by atoms with E-state index in [1.54, 1.807) is 18.2 Å². The van der Waals surface area contributed by atoms with Gasteiger partial charge >= 0.3 is 5.97 Å².